The summed E-state index contributed by atoms with van der Waals surface area (Å²) in [6.45, 7) is 11.3. The summed E-state index contributed by atoms with van der Waals surface area (Å²) in [5.74, 6) is 0.0880. The first kappa shape index (κ1) is 39.6. The predicted molar refractivity (Wildman–Crippen MR) is 264 cm³/mol. The highest BCUT2D eigenvalue weighted by Crippen LogP contribution is 2.46. The molecule has 2 atom stereocenters. The molecular weight excluding hydrogens is 757 g/mol. The first-order valence-electron chi connectivity index (χ1n) is 21.1. The Morgan fingerprint density at radius 3 is 1.75 bits per heavy atom. The lowest BCUT2D eigenvalue weighted by atomic mass is 9.82. The van der Waals surface area contributed by atoms with E-state index in [4.69, 9.17) is 0 Å². The molecule has 0 spiro atoms. The summed E-state index contributed by atoms with van der Waals surface area (Å²) < 4.78 is 0. The first-order valence-corrected chi connectivity index (χ1v) is 22.0. The van der Waals surface area contributed by atoms with E-state index in [0.29, 0.717) is 0 Å². The summed E-state index contributed by atoms with van der Waals surface area (Å²) in [5.41, 5.74) is 16.5. The predicted octanol–water partition coefficient (Wildman–Crippen LogP) is 16.2. The third-order valence-corrected chi connectivity index (χ3v) is 12.6. The van der Waals surface area contributed by atoms with Gasteiger partial charge in [0.1, 0.15) is 0 Å². The Kier molecular flexibility index (Phi) is 11.3. The molecule has 3 heteroatoms. The monoisotopic (exact) mass is 806 g/mol. The van der Waals surface area contributed by atoms with Crippen molar-refractivity contribution in [1.29, 1.82) is 0 Å². The third-order valence-electron chi connectivity index (χ3n) is 11.6. The number of nitrogens with one attached hydrogen (secondary N) is 1. The molecule has 7 aromatic rings. The molecule has 2 unspecified atom stereocenters. The molecule has 0 fully saturated rings. The summed E-state index contributed by atoms with van der Waals surface area (Å²) in [5, 5.41) is 6.03. The van der Waals surface area contributed by atoms with Crippen LogP contribution < -0.4 is 10.2 Å². The Morgan fingerprint density at radius 1 is 0.541 bits per heavy atom. The van der Waals surface area contributed by atoms with Crippen LogP contribution in [0.5, 0.6) is 0 Å². The minimum absolute atomic E-state index is 0.0369. The quantitative estimate of drug-likeness (QED) is 0.156. The van der Waals surface area contributed by atoms with Gasteiger partial charge in [0.25, 0.3) is 0 Å². The average molecular weight is 807 g/mol. The van der Waals surface area contributed by atoms with E-state index >= 15 is 0 Å². The van der Waals surface area contributed by atoms with E-state index in [1.807, 2.05) is 0 Å². The molecule has 1 aliphatic heterocycles. The fourth-order valence-corrected chi connectivity index (χ4v) is 9.61. The van der Waals surface area contributed by atoms with Gasteiger partial charge >= 0.3 is 0 Å². The zero-order valence-electron chi connectivity index (χ0n) is 35.0. The van der Waals surface area contributed by atoms with Gasteiger partial charge in [0.05, 0.1) is 6.04 Å². The van der Waals surface area contributed by atoms with Gasteiger partial charge in [-0.15, -0.1) is 11.8 Å². The molecule has 0 saturated carbocycles. The Balaban J connectivity index is 1.07. The van der Waals surface area contributed by atoms with Crippen molar-refractivity contribution in [2.24, 2.45) is 0 Å². The van der Waals surface area contributed by atoms with E-state index in [-0.39, 0.29) is 17.4 Å². The van der Waals surface area contributed by atoms with E-state index in [0.717, 1.165) is 28.3 Å². The highest BCUT2D eigenvalue weighted by atomic mass is 32.2. The molecule has 7 aromatic carbocycles. The molecule has 298 valence electrons. The number of allylic oxidation sites excluding steroid dienone is 6. The standard InChI is InChI=1S/C58H50N2S/c1-41-16-13-14-39-61-57-52(41)37-38-55(59-48-21-9-6-10-22-48)56(57)47-20-15-19-46(40-47)44-27-33-50(34-28-44)60(49-31-25-43(26-32-49)42-17-7-5-8-18-42)51-35-29-45(30-36-51)53-23-11-12-24-54(53)58(2,3)4/h5-40,55-56,59H,1H2,2-4H3/b16-13-,39-14-. The number of thioether (sulfide) groups is 1. The van der Waals surface area contributed by atoms with E-state index < -0.39 is 0 Å². The van der Waals surface area contributed by atoms with Gasteiger partial charge in [-0.2, -0.15) is 0 Å². The Morgan fingerprint density at radius 2 is 1.10 bits per heavy atom. The number of hydrogen-bond acceptors (Lipinski definition) is 3. The van der Waals surface area contributed by atoms with E-state index in [9.17, 15) is 0 Å². The molecule has 9 rings (SSSR count). The molecule has 2 nitrogen and oxygen atoms in total. The minimum atomic E-state index is 0.0369. The molecule has 1 aliphatic carbocycles. The Hall–Kier alpha value is -6.81. The van der Waals surface area contributed by atoms with Crippen LogP contribution in [0.25, 0.3) is 33.4 Å². The van der Waals surface area contributed by atoms with Crippen LogP contribution in [0.3, 0.4) is 0 Å². The second kappa shape index (κ2) is 17.4. The zero-order valence-corrected chi connectivity index (χ0v) is 35.8. The van der Waals surface area contributed by atoms with Gasteiger partial charge in [-0.25, -0.2) is 0 Å². The SMILES string of the molecule is C=C1/C=C\C=C/SC2=C1C=CC(Nc1ccccc1)C2c1cccc(-c2ccc(N(c3ccc(-c4ccccc4)cc3)c3ccc(-c4ccccc4C(C)(C)C)cc3)cc2)c1. The van der Waals surface area contributed by atoms with Crippen molar-refractivity contribution in [3.63, 3.8) is 0 Å². The average Bonchev–Trinajstić information content (AvgIpc) is 3.29. The van der Waals surface area contributed by atoms with Gasteiger partial charge in [-0.1, -0.05) is 191 Å². The van der Waals surface area contributed by atoms with Crippen LogP contribution in [0.2, 0.25) is 0 Å². The summed E-state index contributed by atoms with van der Waals surface area (Å²) in [6.07, 6.45) is 10.8. The number of hydrogen-bond donors (Lipinski definition) is 1. The molecule has 0 bridgehead atoms. The minimum Gasteiger partial charge on any atom is -0.378 e. The van der Waals surface area contributed by atoms with Gasteiger partial charge in [-0.05, 0) is 115 Å². The fraction of sp³-hybridized carbons (Fsp3) is 0.103. The van der Waals surface area contributed by atoms with Crippen LogP contribution in [0, 0.1) is 0 Å². The van der Waals surface area contributed by atoms with Gasteiger partial charge in [0.2, 0.25) is 0 Å². The van der Waals surface area contributed by atoms with E-state index in [1.165, 1.54) is 55.0 Å². The van der Waals surface area contributed by atoms with E-state index in [2.05, 4.69) is 255 Å². The number of rotatable bonds is 9. The van der Waals surface area contributed by atoms with Crippen LogP contribution in [0.15, 0.2) is 240 Å². The topological polar surface area (TPSA) is 15.3 Å². The van der Waals surface area contributed by atoms with E-state index in [1.54, 1.807) is 11.8 Å². The normalized spacial score (nSPS) is 17.2. The third kappa shape index (κ3) is 8.62. The second-order valence-corrected chi connectivity index (χ2v) is 17.7. The molecule has 2 aliphatic rings. The molecule has 0 amide bonds. The van der Waals surface area contributed by atoms with Gasteiger partial charge in [0.15, 0.2) is 0 Å². The lowest BCUT2D eigenvalue weighted by Gasteiger charge is -2.34. The first-order chi connectivity index (χ1) is 29.8. The summed E-state index contributed by atoms with van der Waals surface area (Å²) in [4.78, 5) is 3.66. The van der Waals surface area contributed by atoms with Crippen molar-refractivity contribution in [1.82, 2.24) is 0 Å². The van der Waals surface area contributed by atoms with Gasteiger partial charge in [0, 0.05) is 33.6 Å². The van der Waals surface area contributed by atoms with Crippen molar-refractivity contribution < 1.29 is 0 Å². The van der Waals surface area contributed by atoms with Crippen LogP contribution >= 0.6 is 11.8 Å². The maximum Gasteiger partial charge on any atom is 0.0562 e. The smallest absolute Gasteiger partial charge is 0.0562 e. The highest BCUT2D eigenvalue weighted by molar-refractivity contribution is 8.05. The number of nitrogens with zero attached hydrogens (tertiary/aromatic N) is 1. The highest BCUT2D eigenvalue weighted by Gasteiger charge is 2.31. The van der Waals surface area contributed by atoms with Crippen LogP contribution in [-0.4, -0.2) is 6.04 Å². The van der Waals surface area contributed by atoms with Crippen molar-refractivity contribution in [2.75, 3.05) is 10.2 Å². The largest absolute Gasteiger partial charge is 0.378 e. The number of para-hydroxylation sites is 1. The molecule has 0 saturated heterocycles. The molecular formula is C58H50N2S. The van der Waals surface area contributed by atoms with Crippen molar-refractivity contribution >= 4 is 34.5 Å². The van der Waals surface area contributed by atoms with Gasteiger partial charge < -0.3 is 10.2 Å². The molecule has 61 heavy (non-hydrogen) atoms. The summed E-state index contributed by atoms with van der Waals surface area (Å²) >= 11 is 1.80. The Bertz CT molecular complexity index is 2770. The molecule has 1 heterocycles. The van der Waals surface area contributed by atoms with Crippen molar-refractivity contribution in [3.05, 3.63) is 252 Å². The number of benzene rings is 7. The lowest BCUT2D eigenvalue weighted by molar-refractivity contribution is 0.592. The summed E-state index contributed by atoms with van der Waals surface area (Å²) in [6, 6.07) is 66.0. The van der Waals surface area contributed by atoms with Crippen LogP contribution in [0.1, 0.15) is 37.8 Å². The number of anilines is 4. The maximum atomic E-state index is 4.45. The Labute approximate surface area is 366 Å². The zero-order chi connectivity index (χ0) is 41.8. The van der Waals surface area contributed by atoms with Crippen LogP contribution in [-0.2, 0) is 5.41 Å². The molecule has 0 radical (unpaired) electrons. The van der Waals surface area contributed by atoms with Gasteiger partial charge in [-0.3, -0.25) is 0 Å². The summed E-state index contributed by atoms with van der Waals surface area (Å²) in [7, 11) is 0. The molecule has 0 aromatic heterocycles. The molecule has 1 N–H and O–H groups in total. The van der Waals surface area contributed by atoms with Crippen molar-refractivity contribution in [2.45, 2.75) is 38.1 Å². The maximum absolute atomic E-state index is 4.45. The fourth-order valence-electron chi connectivity index (χ4n) is 8.54. The second-order valence-electron chi connectivity index (χ2n) is 16.7. The van der Waals surface area contributed by atoms with Crippen molar-refractivity contribution in [3.8, 4) is 33.4 Å². The lowest BCUT2D eigenvalue weighted by Crippen LogP contribution is -2.29. The van der Waals surface area contributed by atoms with Crippen LogP contribution in [0.4, 0.5) is 22.7 Å².